The average Bonchev–Trinajstić information content (AvgIpc) is 3.38. The number of benzene rings is 3. The molecule has 16 heteroatoms. The molecule has 0 bridgehead atoms. The summed E-state index contributed by atoms with van der Waals surface area (Å²) in [7, 11) is -3.72. The lowest BCUT2D eigenvalue weighted by atomic mass is 10.1. The van der Waals surface area contributed by atoms with E-state index in [9.17, 15) is 35.2 Å². The first-order chi connectivity index (χ1) is 21.2. The van der Waals surface area contributed by atoms with Gasteiger partial charge in [-0.1, -0.05) is 12.1 Å². The van der Waals surface area contributed by atoms with Gasteiger partial charge >= 0.3 is 6.18 Å². The first-order valence-electron chi connectivity index (χ1n) is 13.0. The number of hydrogen-bond acceptors (Lipinski definition) is 8. The van der Waals surface area contributed by atoms with E-state index in [1.165, 1.54) is 16.6 Å². The summed E-state index contributed by atoms with van der Waals surface area (Å²) in [4.78, 5) is 16.6. The molecule has 3 aromatic carbocycles. The molecular weight excluding hydrogens is 623 g/mol. The fourth-order valence-electron chi connectivity index (χ4n) is 4.20. The highest BCUT2D eigenvalue weighted by molar-refractivity contribution is 7.90. The minimum absolute atomic E-state index is 0.000229. The van der Waals surface area contributed by atoms with Crippen LogP contribution in [0.25, 0.3) is 16.8 Å². The number of carbonyl (C=O) groups is 1. The molecule has 2 aromatic heterocycles. The third kappa shape index (κ3) is 7.53. The van der Waals surface area contributed by atoms with E-state index in [0.717, 1.165) is 30.5 Å². The van der Waals surface area contributed by atoms with Crippen LogP contribution in [0.1, 0.15) is 11.6 Å². The van der Waals surface area contributed by atoms with Gasteiger partial charge in [-0.15, -0.1) is 5.10 Å². The van der Waals surface area contributed by atoms with Crippen LogP contribution in [0.15, 0.2) is 83.9 Å². The third-order valence-corrected chi connectivity index (χ3v) is 7.52. The number of hydrogen-bond donors (Lipinski definition) is 3. The number of carbonyl (C=O) groups excluding carboxylic acids is 1. The molecule has 0 radical (unpaired) electrons. The van der Waals surface area contributed by atoms with Crippen LogP contribution in [0.4, 0.5) is 39.3 Å². The van der Waals surface area contributed by atoms with Crippen molar-refractivity contribution in [2.75, 3.05) is 23.5 Å². The predicted molar refractivity (Wildman–Crippen MR) is 155 cm³/mol. The zero-order valence-electron chi connectivity index (χ0n) is 23.1. The van der Waals surface area contributed by atoms with Crippen molar-refractivity contribution in [3.63, 3.8) is 0 Å². The Morgan fingerprint density at radius 1 is 1.00 bits per heavy atom. The zero-order chi connectivity index (χ0) is 32.5. The third-order valence-electron chi connectivity index (χ3n) is 6.41. The lowest BCUT2D eigenvalue weighted by Gasteiger charge is -2.14. The molecule has 4 N–H and O–H groups in total. The summed E-state index contributed by atoms with van der Waals surface area (Å²) >= 11 is 0. The van der Waals surface area contributed by atoms with E-state index < -0.39 is 46.2 Å². The van der Waals surface area contributed by atoms with Crippen molar-refractivity contribution in [2.24, 2.45) is 5.73 Å². The smallest absolute Gasteiger partial charge is 0.422 e. The minimum Gasteiger partial charge on any atom is -0.482 e. The van der Waals surface area contributed by atoms with E-state index in [1.807, 2.05) is 0 Å². The van der Waals surface area contributed by atoms with Gasteiger partial charge in [-0.3, -0.25) is 4.79 Å². The van der Waals surface area contributed by atoms with Crippen LogP contribution in [0.5, 0.6) is 5.75 Å². The second-order valence-electron chi connectivity index (χ2n) is 9.83. The van der Waals surface area contributed by atoms with Crippen LogP contribution in [0.3, 0.4) is 0 Å². The molecule has 2 heterocycles. The number of pyridine rings is 1. The van der Waals surface area contributed by atoms with E-state index in [1.54, 1.807) is 42.6 Å². The first kappa shape index (κ1) is 31.3. The van der Waals surface area contributed by atoms with Gasteiger partial charge in [-0.05, 0) is 60.2 Å². The van der Waals surface area contributed by atoms with E-state index in [4.69, 9.17) is 10.5 Å². The van der Waals surface area contributed by atoms with E-state index in [-0.39, 0.29) is 27.8 Å². The van der Waals surface area contributed by atoms with Crippen molar-refractivity contribution < 1.29 is 39.9 Å². The predicted octanol–water partition coefficient (Wildman–Crippen LogP) is 5.40. The molecule has 0 saturated carbocycles. The standard InChI is InChI=1S/C29H23F5N6O4S/c1-45(42,43)20-8-10-23(24(13-20)44-15-29(32,33)34)37-28-38-25-11-4-17(14-40(25)39-28)16-2-6-19(7-3-16)36-27(41)26(35)21-12-18(30)5-9-22(21)31/h2-14,26H,15,35H2,1H3,(H,36,41)(H,37,39)/t26-/m0/s1. The Balaban J connectivity index is 1.32. The van der Waals surface area contributed by atoms with Crippen LogP contribution >= 0.6 is 0 Å². The molecule has 1 amide bonds. The minimum atomic E-state index is -4.66. The number of fused-ring (bicyclic) bond motifs is 1. The van der Waals surface area contributed by atoms with Crippen LogP contribution in [-0.4, -0.2) is 48.0 Å². The van der Waals surface area contributed by atoms with Gasteiger partial charge in [-0.25, -0.2) is 21.7 Å². The van der Waals surface area contributed by atoms with Gasteiger partial charge in [0.2, 0.25) is 11.9 Å². The topological polar surface area (TPSA) is 141 Å². The lowest BCUT2D eigenvalue weighted by molar-refractivity contribution is -0.153. The van der Waals surface area contributed by atoms with Gasteiger partial charge in [0.25, 0.3) is 0 Å². The molecule has 5 aromatic rings. The summed E-state index contributed by atoms with van der Waals surface area (Å²) in [6, 6.07) is 14.6. The number of nitrogens with one attached hydrogen (secondary N) is 2. The van der Waals surface area contributed by atoms with Crippen molar-refractivity contribution >= 4 is 38.7 Å². The van der Waals surface area contributed by atoms with Crippen molar-refractivity contribution in [1.82, 2.24) is 14.6 Å². The molecule has 0 aliphatic heterocycles. The molecule has 45 heavy (non-hydrogen) atoms. The molecule has 0 aliphatic carbocycles. The highest BCUT2D eigenvalue weighted by atomic mass is 32.2. The molecule has 10 nitrogen and oxygen atoms in total. The maximum Gasteiger partial charge on any atom is 0.422 e. The number of halogens is 5. The molecule has 0 saturated heterocycles. The summed E-state index contributed by atoms with van der Waals surface area (Å²) in [6.07, 6.45) is -2.10. The number of anilines is 3. The van der Waals surface area contributed by atoms with Gasteiger partial charge in [0.1, 0.15) is 23.4 Å². The number of nitrogens with two attached hydrogens (primary N) is 1. The Morgan fingerprint density at radius 3 is 2.40 bits per heavy atom. The summed E-state index contributed by atoms with van der Waals surface area (Å²) in [5, 5.41) is 9.63. The number of aromatic nitrogens is 3. The van der Waals surface area contributed by atoms with Crippen molar-refractivity contribution in [3.8, 4) is 16.9 Å². The normalized spacial score (nSPS) is 12.6. The largest absolute Gasteiger partial charge is 0.482 e. The molecule has 1 atom stereocenters. The van der Waals surface area contributed by atoms with Crippen LogP contribution in [0, 0.1) is 11.6 Å². The Hall–Kier alpha value is -5.09. The summed E-state index contributed by atoms with van der Waals surface area (Å²) in [6.45, 7) is -1.64. The lowest BCUT2D eigenvalue weighted by Crippen LogP contribution is -2.28. The number of rotatable bonds is 9. The molecule has 5 rings (SSSR count). The quantitative estimate of drug-likeness (QED) is 0.181. The zero-order valence-corrected chi connectivity index (χ0v) is 24.0. The number of sulfone groups is 1. The van der Waals surface area contributed by atoms with Gasteiger partial charge in [0.15, 0.2) is 22.1 Å². The second-order valence-corrected chi connectivity index (χ2v) is 11.8. The number of ether oxygens (including phenoxy) is 1. The fraction of sp³-hybridized carbons (Fsp3) is 0.138. The van der Waals surface area contributed by atoms with Crippen LogP contribution in [-0.2, 0) is 14.6 Å². The van der Waals surface area contributed by atoms with Crippen LogP contribution < -0.4 is 21.1 Å². The Labute approximate surface area is 252 Å². The Bertz CT molecular complexity index is 2000. The molecular formula is C29H23F5N6O4S. The first-order valence-corrected chi connectivity index (χ1v) is 14.8. The molecule has 0 fully saturated rings. The summed E-state index contributed by atoms with van der Waals surface area (Å²) < 4.78 is 96.1. The Morgan fingerprint density at radius 2 is 1.71 bits per heavy atom. The molecule has 0 unspecified atom stereocenters. The summed E-state index contributed by atoms with van der Waals surface area (Å²) in [5.74, 6) is -2.64. The second kappa shape index (κ2) is 12.1. The highest BCUT2D eigenvalue weighted by Crippen LogP contribution is 2.32. The average molecular weight is 647 g/mol. The van der Waals surface area contributed by atoms with Gasteiger partial charge in [0, 0.05) is 35.3 Å². The SMILES string of the molecule is CS(=O)(=O)c1ccc(Nc2nc3ccc(-c4ccc(NC(=O)[C@@H](N)c5cc(F)ccc5F)cc4)cn3n2)c(OCC(F)(F)F)c1. The van der Waals surface area contributed by atoms with E-state index in [2.05, 4.69) is 20.7 Å². The van der Waals surface area contributed by atoms with E-state index >= 15 is 0 Å². The molecule has 234 valence electrons. The number of alkyl halides is 3. The maximum atomic E-state index is 14.0. The number of amides is 1. The summed E-state index contributed by atoms with van der Waals surface area (Å²) in [5.41, 5.74) is 7.69. The molecule has 0 spiro atoms. The monoisotopic (exact) mass is 646 g/mol. The highest BCUT2D eigenvalue weighted by Gasteiger charge is 2.29. The fourth-order valence-corrected chi connectivity index (χ4v) is 4.84. The maximum absolute atomic E-state index is 14.0. The Kier molecular flexibility index (Phi) is 8.44. The van der Waals surface area contributed by atoms with Crippen molar-refractivity contribution in [1.29, 1.82) is 0 Å². The van der Waals surface area contributed by atoms with Gasteiger partial charge < -0.3 is 21.1 Å². The molecule has 0 aliphatic rings. The van der Waals surface area contributed by atoms with Crippen molar-refractivity contribution in [3.05, 3.63) is 96.2 Å². The van der Waals surface area contributed by atoms with Crippen molar-refractivity contribution in [2.45, 2.75) is 17.1 Å². The van der Waals surface area contributed by atoms with Gasteiger partial charge in [-0.2, -0.15) is 18.2 Å². The van der Waals surface area contributed by atoms with Gasteiger partial charge in [0.05, 0.1) is 10.6 Å². The number of nitrogens with zero attached hydrogens (tertiary/aromatic N) is 3. The van der Waals surface area contributed by atoms with E-state index in [0.29, 0.717) is 22.5 Å². The van der Waals surface area contributed by atoms with Crippen LogP contribution in [0.2, 0.25) is 0 Å².